The van der Waals surface area contributed by atoms with Gasteiger partial charge in [-0.1, -0.05) is 13.0 Å². The molecule has 1 heterocycles. The van der Waals surface area contributed by atoms with Crippen molar-refractivity contribution in [3.63, 3.8) is 0 Å². The molecular formula is C14H28N2O3S. The molecule has 0 aromatic heterocycles. The third-order valence-electron chi connectivity index (χ3n) is 3.87. The predicted octanol–water partition coefficient (Wildman–Crippen LogP) is 1.06. The third kappa shape index (κ3) is 5.52. The van der Waals surface area contributed by atoms with Crippen molar-refractivity contribution in [2.24, 2.45) is 0 Å². The average molecular weight is 304 g/mol. The Morgan fingerprint density at radius 2 is 2.05 bits per heavy atom. The monoisotopic (exact) mass is 304 g/mol. The number of allylic oxidation sites excluding steroid dienone is 1. The van der Waals surface area contributed by atoms with Gasteiger partial charge in [0.05, 0.1) is 12.4 Å². The summed E-state index contributed by atoms with van der Waals surface area (Å²) in [5.74, 6) is 0. The molecule has 0 amide bonds. The largest absolute Gasteiger partial charge is 0.392 e. The molecule has 1 fully saturated rings. The topological polar surface area (TPSA) is 60.9 Å². The maximum Gasteiger partial charge on any atom is 0.211 e. The van der Waals surface area contributed by atoms with Crippen LogP contribution >= 0.6 is 0 Å². The minimum atomic E-state index is -3.11. The van der Waals surface area contributed by atoms with Crippen molar-refractivity contribution in [1.29, 1.82) is 0 Å². The molecule has 0 aromatic carbocycles. The lowest BCUT2D eigenvalue weighted by Gasteiger charge is -2.37. The number of rotatable bonds is 8. The molecule has 0 aromatic rings. The molecule has 1 saturated heterocycles. The zero-order valence-corrected chi connectivity index (χ0v) is 13.5. The van der Waals surface area contributed by atoms with Crippen LogP contribution in [0.15, 0.2) is 12.7 Å². The molecular weight excluding hydrogens is 276 g/mol. The first kappa shape index (κ1) is 17.6. The first-order valence-corrected chi connectivity index (χ1v) is 9.21. The van der Waals surface area contributed by atoms with E-state index in [0.29, 0.717) is 13.1 Å². The lowest BCUT2D eigenvalue weighted by Crippen LogP contribution is -2.48. The van der Waals surface area contributed by atoms with Gasteiger partial charge in [-0.2, -0.15) is 4.31 Å². The second-order valence-corrected chi connectivity index (χ2v) is 7.45. The van der Waals surface area contributed by atoms with E-state index in [9.17, 15) is 13.5 Å². The second kappa shape index (κ2) is 8.12. The summed E-state index contributed by atoms with van der Waals surface area (Å²) in [6, 6.07) is 0.108. The van der Waals surface area contributed by atoms with Crippen LogP contribution in [0.25, 0.3) is 0 Å². The fourth-order valence-electron chi connectivity index (χ4n) is 2.85. The fraction of sp³-hybridized carbons (Fsp3) is 0.857. The number of sulfonamides is 1. The summed E-state index contributed by atoms with van der Waals surface area (Å²) in [6.45, 7) is 8.44. The second-order valence-electron chi connectivity index (χ2n) is 5.52. The van der Waals surface area contributed by atoms with Crippen LogP contribution in [0.4, 0.5) is 0 Å². The molecule has 20 heavy (non-hydrogen) atoms. The van der Waals surface area contributed by atoms with Crippen molar-refractivity contribution in [3.8, 4) is 0 Å². The Labute approximate surface area is 123 Å². The highest BCUT2D eigenvalue weighted by atomic mass is 32.2. The van der Waals surface area contributed by atoms with Crippen molar-refractivity contribution >= 4 is 10.0 Å². The first-order chi connectivity index (χ1) is 9.38. The molecule has 0 spiro atoms. The minimum absolute atomic E-state index is 0.108. The molecule has 6 heteroatoms. The van der Waals surface area contributed by atoms with Gasteiger partial charge in [0, 0.05) is 19.1 Å². The summed E-state index contributed by atoms with van der Waals surface area (Å²) in [5.41, 5.74) is 0. The molecule has 0 bridgehead atoms. The number of likely N-dealkylation sites (tertiary alicyclic amines) is 1. The van der Waals surface area contributed by atoms with Crippen molar-refractivity contribution in [3.05, 3.63) is 12.7 Å². The maximum atomic E-state index is 11.7. The van der Waals surface area contributed by atoms with E-state index >= 15 is 0 Å². The summed E-state index contributed by atoms with van der Waals surface area (Å²) < 4.78 is 25.0. The van der Waals surface area contributed by atoms with Gasteiger partial charge in [-0.25, -0.2) is 8.42 Å². The highest BCUT2D eigenvalue weighted by Gasteiger charge is 2.29. The van der Waals surface area contributed by atoms with Crippen LogP contribution in [0.3, 0.4) is 0 Å². The van der Waals surface area contributed by atoms with Crippen LogP contribution in [-0.2, 0) is 10.0 Å². The number of hydrogen-bond donors (Lipinski definition) is 1. The van der Waals surface area contributed by atoms with Crippen molar-refractivity contribution < 1.29 is 13.5 Å². The Kier molecular flexibility index (Phi) is 7.15. The SMILES string of the molecule is C=CCCC(O)CN1CCC(N(CC)S(C)(=O)=O)CC1. The number of hydrogen-bond acceptors (Lipinski definition) is 4. The van der Waals surface area contributed by atoms with Gasteiger partial charge in [0.25, 0.3) is 0 Å². The number of β-amino-alcohol motifs (C(OH)–C–C–N with tert-alkyl or cyclic N) is 1. The van der Waals surface area contributed by atoms with Crippen LogP contribution in [-0.4, -0.2) is 67.3 Å². The molecule has 0 aliphatic carbocycles. The van der Waals surface area contributed by atoms with E-state index < -0.39 is 10.0 Å². The van der Waals surface area contributed by atoms with E-state index in [1.807, 2.05) is 13.0 Å². The fourth-order valence-corrected chi connectivity index (χ4v) is 4.07. The van der Waals surface area contributed by atoms with E-state index in [-0.39, 0.29) is 12.1 Å². The number of aliphatic hydroxyl groups excluding tert-OH is 1. The zero-order valence-electron chi connectivity index (χ0n) is 12.7. The molecule has 1 rings (SSSR count). The smallest absolute Gasteiger partial charge is 0.211 e. The summed E-state index contributed by atoms with van der Waals surface area (Å²) >= 11 is 0. The van der Waals surface area contributed by atoms with Gasteiger partial charge in [-0.15, -0.1) is 6.58 Å². The Balaban J connectivity index is 2.41. The standard InChI is InChI=1S/C14H28N2O3S/c1-4-6-7-14(17)12-15-10-8-13(9-11-15)16(5-2)20(3,18)19/h4,13-14,17H,1,5-12H2,2-3H3. The molecule has 0 saturated carbocycles. The van der Waals surface area contributed by atoms with Crippen LogP contribution in [0, 0.1) is 0 Å². The number of nitrogens with zero attached hydrogens (tertiary/aromatic N) is 2. The van der Waals surface area contributed by atoms with Crippen LogP contribution in [0.5, 0.6) is 0 Å². The van der Waals surface area contributed by atoms with E-state index in [1.54, 1.807) is 4.31 Å². The van der Waals surface area contributed by atoms with Gasteiger partial charge in [-0.05, 0) is 38.8 Å². The van der Waals surface area contributed by atoms with Gasteiger partial charge in [0.1, 0.15) is 0 Å². The van der Waals surface area contributed by atoms with Crippen LogP contribution in [0.2, 0.25) is 0 Å². The lowest BCUT2D eigenvalue weighted by atomic mass is 10.0. The Morgan fingerprint density at radius 1 is 1.45 bits per heavy atom. The Bertz CT molecular complexity index is 389. The van der Waals surface area contributed by atoms with Crippen molar-refractivity contribution in [2.45, 2.75) is 44.8 Å². The van der Waals surface area contributed by atoms with E-state index in [0.717, 1.165) is 38.8 Å². The quantitative estimate of drug-likeness (QED) is 0.681. The highest BCUT2D eigenvalue weighted by Crippen LogP contribution is 2.19. The predicted molar refractivity (Wildman–Crippen MR) is 82.1 cm³/mol. The molecule has 1 aliphatic heterocycles. The minimum Gasteiger partial charge on any atom is -0.392 e. The third-order valence-corrected chi connectivity index (χ3v) is 5.28. The Hall–Kier alpha value is -0.430. The zero-order chi connectivity index (χ0) is 15.2. The maximum absolute atomic E-state index is 11.7. The highest BCUT2D eigenvalue weighted by molar-refractivity contribution is 7.88. The summed E-state index contributed by atoms with van der Waals surface area (Å²) in [5, 5.41) is 9.89. The molecule has 1 atom stereocenters. The Morgan fingerprint density at radius 3 is 2.50 bits per heavy atom. The van der Waals surface area contributed by atoms with Gasteiger partial charge in [0.15, 0.2) is 0 Å². The molecule has 5 nitrogen and oxygen atoms in total. The van der Waals surface area contributed by atoms with Crippen LogP contribution in [0.1, 0.15) is 32.6 Å². The average Bonchev–Trinajstić information content (AvgIpc) is 2.37. The van der Waals surface area contributed by atoms with E-state index in [1.165, 1.54) is 6.26 Å². The van der Waals surface area contributed by atoms with Crippen molar-refractivity contribution in [2.75, 3.05) is 32.4 Å². The summed E-state index contributed by atoms with van der Waals surface area (Å²) in [6.07, 6.45) is 6.04. The normalized spacial score (nSPS) is 20.2. The molecule has 1 aliphatic rings. The molecule has 118 valence electrons. The summed E-state index contributed by atoms with van der Waals surface area (Å²) in [4.78, 5) is 2.22. The van der Waals surface area contributed by atoms with E-state index in [2.05, 4.69) is 11.5 Å². The number of piperidine rings is 1. The van der Waals surface area contributed by atoms with Gasteiger partial charge in [-0.3, -0.25) is 0 Å². The molecule has 0 radical (unpaired) electrons. The van der Waals surface area contributed by atoms with Gasteiger partial charge < -0.3 is 10.0 Å². The number of aliphatic hydroxyl groups is 1. The van der Waals surface area contributed by atoms with Crippen molar-refractivity contribution in [1.82, 2.24) is 9.21 Å². The van der Waals surface area contributed by atoms with Gasteiger partial charge in [0.2, 0.25) is 10.0 Å². The van der Waals surface area contributed by atoms with E-state index in [4.69, 9.17) is 0 Å². The molecule has 1 unspecified atom stereocenters. The molecule has 1 N–H and O–H groups in total. The first-order valence-electron chi connectivity index (χ1n) is 7.36. The van der Waals surface area contributed by atoms with Gasteiger partial charge >= 0.3 is 0 Å². The summed E-state index contributed by atoms with van der Waals surface area (Å²) in [7, 11) is -3.11. The lowest BCUT2D eigenvalue weighted by molar-refractivity contribution is 0.0807. The van der Waals surface area contributed by atoms with Crippen LogP contribution < -0.4 is 0 Å².